The molecule has 2 aromatic rings. The molecule has 1 aromatic heterocycles. The molecule has 1 amide bonds. The number of halogens is 1. The molecule has 1 aliphatic carbocycles. The van der Waals surface area contributed by atoms with Gasteiger partial charge in [-0.05, 0) is 49.7 Å². The summed E-state index contributed by atoms with van der Waals surface area (Å²) in [6, 6.07) is 5.43. The fraction of sp³-hybridized carbons (Fsp3) is 0.647. The molecule has 10 heteroatoms. The highest BCUT2D eigenvalue weighted by molar-refractivity contribution is 6.32. The van der Waals surface area contributed by atoms with E-state index in [0.717, 1.165) is 51.1 Å². The van der Waals surface area contributed by atoms with E-state index in [1.807, 2.05) is 6.92 Å². The van der Waals surface area contributed by atoms with E-state index < -0.39 is 0 Å². The van der Waals surface area contributed by atoms with Crippen LogP contribution in [0.15, 0.2) is 24.5 Å². The van der Waals surface area contributed by atoms with Crippen LogP contribution in [0.2, 0.25) is 5.02 Å². The van der Waals surface area contributed by atoms with Gasteiger partial charge in [-0.15, -0.1) is 0 Å². The number of nitriles is 1. The van der Waals surface area contributed by atoms with E-state index in [4.69, 9.17) is 16.3 Å². The fourth-order valence-corrected chi connectivity index (χ4v) is 8.35. The Morgan fingerprint density at radius 1 is 1.11 bits per heavy atom. The van der Waals surface area contributed by atoms with Crippen LogP contribution in [0, 0.1) is 46.8 Å². The van der Waals surface area contributed by atoms with Gasteiger partial charge < -0.3 is 25.0 Å². The van der Waals surface area contributed by atoms with E-state index in [1.165, 1.54) is 0 Å². The van der Waals surface area contributed by atoms with Crippen molar-refractivity contribution in [1.82, 2.24) is 20.2 Å². The minimum Gasteiger partial charge on any atom is -0.489 e. The van der Waals surface area contributed by atoms with Crippen LogP contribution < -0.4 is 15.0 Å². The summed E-state index contributed by atoms with van der Waals surface area (Å²) in [5.74, 6) is 2.66. The molecule has 2 unspecified atom stereocenters. The Labute approximate surface area is 267 Å². The number of aliphatic hydroxyl groups excluding tert-OH is 1. The molecule has 0 radical (unpaired) electrons. The first-order valence-electron chi connectivity index (χ1n) is 15.9. The number of hydrogen-bond acceptors (Lipinski definition) is 8. The molecule has 0 bridgehead atoms. The van der Waals surface area contributed by atoms with E-state index in [2.05, 4.69) is 72.7 Å². The molecule has 3 fully saturated rings. The number of aliphatic hydroxyl groups is 1. The van der Waals surface area contributed by atoms with Gasteiger partial charge >= 0.3 is 0 Å². The van der Waals surface area contributed by atoms with Crippen LogP contribution in [0.4, 0.5) is 5.95 Å². The zero-order valence-electron chi connectivity index (χ0n) is 27.1. The zero-order valence-corrected chi connectivity index (χ0v) is 27.9. The molecular formula is C34H47ClN6O3. The second-order valence-corrected chi connectivity index (χ2v) is 14.9. The second kappa shape index (κ2) is 12.5. The summed E-state index contributed by atoms with van der Waals surface area (Å²) >= 11 is 6.39. The van der Waals surface area contributed by atoms with E-state index in [-0.39, 0.29) is 35.0 Å². The second-order valence-electron chi connectivity index (χ2n) is 14.5. The largest absolute Gasteiger partial charge is 0.489 e. The Balaban J connectivity index is 1.19. The van der Waals surface area contributed by atoms with Gasteiger partial charge in [0.1, 0.15) is 17.9 Å². The predicted molar refractivity (Wildman–Crippen MR) is 172 cm³/mol. The standard InChI is InChI=1S/C34H47ClN6O3/c1-20-17-41(18-21(2)26(20)19-40-12-10-25(42)11-13-40)32-37-15-24(16-38-32)29(43)39-30-33(4,5)31(34(30,6)7)44-27-9-8-23(14-36)28(35)22(27)3/h8-9,15-16,20-21,25-26,30-31,42H,10-13,17-19H2,1-7H3,(H,39,43). The number of benzene rings is 1. The molecule has 3 aliphatic rings. The number of rotatable bonds is 7. The van der Waals surface area contributed by atoms with Crippen LogP contribution in [0.25, 0.3) is 0 Å². The highest BCUT2D eigenvalue weighted by Gasteiger charge is 2.64. The summed E-state index contributed by atoms with van der Waals surface area (Å²) < 4.78 is 6.48. The lowest BCUT2D eigenvalue weighted by Crippen LogP contribution is -2.74. The number of carbonyl (C=O) groups is 1. The third kappa shape index (κ3) is 6.14. The molecule has 5 rings (SSSR count). The molecule has 9 nitrogen and oxygen atoms in total. The lowest BCUT2D eigenvalue weighted by atomic mass is 9.49. The number of aromatic nitrogens is 2. The van der Waals surface area contributed by atoms with Crippen LogP contribution in [0.5, 0.6) is 5.75 Å². The van der Waals surface area contributed by atoms with Gasteiger partial charge in [0.25, 0.3) is 5.91 Å². The number of hydrogen-bond donors (Lipinski definition) is 2. The number of anilines is 1. The van der Waals surface area contributed by atoms with E-state index in [9.17, 15) is 15.2 Å². The molecular weight excluding hydrogens is 576 g/mol. The van der Waals surface area contributed by atoms with Crippen molar-refractivity contribution in [2.45, 2.75) is 79.6 Å². The van der Waals surface area contributed by atoms with Crippen molar-refractivity contribution in [3.05, 3.63) is 46.2 Å². The Kier molecular flexibility index (Phi) is 9.19. The average molecular weight is 623 g/mol. The minimum absolute atomic E-state index is 0.146. The van der Waals surface area contributed by atoms with Crippen molar-refractivity contribution in [2.24, 2.45) is 28.6 Å². The molecule has 3 heterocycles. The number of amides is 1. The molecule has 2 atom stereocenters. The number of likely N-dealkylation sites (tertiary alicyclic amines) is 1. The lowest BCUT2D eigenvalue weighted by molar-refractivity contribution is -0.164. The van der Waals surface area contributed by atoms with Crippen LogP contribution in [0.3, 0.4) is 0 Å². The van der Waals surface area contributed by atoms with Crippen molar-refractivity contribution in [1.29, 1.82) is 5.26 Å². The topological polar surface area (TPSA) is 115 Å². The molecule has 1 saturated carbocycles. The average Bonchev–Trinajstić information content (AvgIpc) is 2.99. The molecule has 44 heavy (non-hydrogen) atoms. The number of piperidine rings is 2. The summed E-state index contributed by atoms with van der Waals surface area (Å²) in [5.41, 5.74) is 0.862. The van der Waals surface area contributed by atoms with Crippen molar-refractivity contribution in [3.8, 4) is 11.8 Å². The van der Waals surface area contributed by atoms with Gasteiger partial charge in [0.2, 0.25) is 5.95 Å². The van der Waals surface area contributed by atoms with Crippen molar-refractivity contribution >= 4 is 23.5 Å². The lowest BCUT2D eigenvalue weighted by Gasteiger charge is -2.63. The normalized spacial score (nSPS) is 28.5. The SMILES string of the molecule is Cc1c(OC2C(C)(C)C(NC(=O)c3cnc(N4CC(C)C(CN5CCC(O)CC5)C(C)C4)nc3)C2(C)C)ccc(C#N)c1Cl. The van der Waals surface area contributed by atoms with E-state index in [0.29, 0.717) is 45.6 Å². The predicted octanol–water partition coefficient (Wildman–Crippen LogP) is 5.09. The Hall–Kier alpha value is -2.93. The number of carbonyl (C=O) groups excluding carboxylic acids is 1. The van der Waals surface area contributed by atoms with Gasteiger partial charge in [0, 0.05) is 67.6 Å². The molecule has 2 saturated heterocycles. The maximum atomic E-state index is 13.4. The van der Waals surface area contributed by atoms with E-state index in [1.54, 1.807) is 24.5 Å². The third-order valence-electron chi connectivity index (χ3n) is 10.5. The smallest absolute Gasteiger partial charge is 0.254 e. The highest BCUT2D eigenvalue weighted by atomic mass is 35.5. The molecule has 238 valence electrons. The van der Waals surface area contributed by atoms with Gasteiger partial charge in [-0.25, -0.2) is 9.97 Å². The molecule has 2 aliphatic heterocycles. The van der Waals surface area contributed by atoms with Gasteiger partial charge in [-0.2, -0.15) is 5.26 Å². The van der Waals surface area contributed by atoms with Gasteiger partial charge in [0.15, 0.2) is 0 Å². The maximum absolute atomic E-state index is 13.4. The summed E-state index contributed by atoms with van der Waals surface area (Å²) in [6.45, 7) is 19.6. The summed E-state index contributed by atoms with van der Waals surface area (Å²) in [6.07, 6.45) is 4.67. The van der Waals surface area contributed by atoms with Gasteiger partial charge in [-0.3, -0.25) is 4.79 Å². The van der Waals surface area contributed by atoms with Crippen molar-refractivity contribution in [2.75, 3.05) is 37.6 Å². The molecule has 2 N–H and O–H groups in total. The fourth-order valence-electron chi connectivity index (χ4n) is 8.15. The van der Waals surface area contributed by atoms with Crippen LogP contribution in [0.1, 0.15) is 75.9 Å². The summed E-state index contributed by atoms with van der Waals surface area (Å²) in [7, 11) is 0. The van der Waals surface area contributed by atoms with Gasteiger partial charge in [0.05, 0.1) is 22.3 Å². The van der Waals surface area contributed by atoms with E-state index >= 15 is 0 Å². The van der Waals surface area contributed by atoms with Crippen molar-refractivity contribution < 1.29 is 14.6 Å². The quantitative estimate of drug-likeness (QED) is 0.439. The van der Waals surface area contributed by atoms with Crippen LogP contribution in [-0.4, -0.2) is 76.9 Å². The van der Waals surface area contributed by atoms with Crippen LogP contribution in [-0.2, 0) is 0 Å². The highest BCUT2D eigenvalue weighted by Crippen LogP contribution is 2.56. The summed E-state index contributed by atoms with van der Waals surface area (Å²) in [4.78, 5) is 27.4. The number of ether oxygens (including phenoxy) is 1. The Bertz CT molecular complexity index is 1370. The monoisotopic (exact) mass is 622 g/mol. The molecule has 1 aromatic carbocycles. The molecule has 0 spiro atoms. The third-order valence-corrected chi connectivity index (χ3v) is 11.0. The zero-order chi connectivity index (χ0) is 32.0. The van der Waals surface area contributed by atoms with Gasteiger partial charge in [-0.1, -0.05) is 53.1 Å². The first-order chi connectivity index (χ1) is 20.7. The summed E-state index contributed by atoms with van der Waals surface area (Å²) in [5, 5.41) is 22.8. The first-order valence-corrected chi connectivity index (χ1v) is 16.3. The number of nitrogens with zero attached hydrogens (tertiary/aromatic N) is 5. The Morgan fingerprint density at radius 2 is 1.70 bits per heavy atom. The van der Waals surface area contributed by atoms with Crippen LogP contribution >= 0.6 is 11.6 Å². The van der Waals surface area contributed by atoms with Crippen molar-refractivity contribution in [3.63, 3.8) is 0 Å². The maximum Gasteiger partial charge on any atom is 0.254 e. The Morgan fingerprint density at radius 3 is 2.27 bits per heavy atom. The first kappa shape index (κ1) is 32.5. The minimum atomic E-state index is -0.364. The number of nitrogens with one attached hydrogen (secondary N) is 1.